The molecule has 0 fully saturated rings. The molecular formula is C17H12ClN7OS. The number of aromatic nitrogens is 4. The van der Waals surface area contributed by atoms with E-state index in [9.17, 15) is 4.79 Å². The number of aliphatic imine (C=N–C) groups is 1. The highest BCUT2D eigenvalue weighted by atomic mass is 35.5. The summed E-state index contributed by atoms with van der Waals surface area (Å²) in [6.45, 7) is 0. The highest BCUT2D eigenvalue weighted by Crippen LogP contribution is 2.27. The maximum atomic E-state index is 11.9. The molecule has 2 aromatic heterocycles. The quantitative estimate of drug-likeness (QED) is 0.443. The number of primary amides is 1. The topological polar surface area (TPSA) is 122 Å². The van der Waals surface area contributed by atoms with E-state index >= 15 is 0 Å². The Hall–Kier alpha value is -3.30. The van der Waals surface area contributed by atoms with Crippen LogP contribution in [0.3, 0.4) is 0 Å². The van der Waals surface area contributed by atoms with Gasteiger partial charge in [0.25, 0.3) is 5.91 Å². The molecule has 0 aliphatic heterocycles. The van der Waals surface area contributed by atoms with E-state index in [1.54, 1.807) is 30.5 Å². The summed E-state index contributed by atoms with van der Waals surface area (Å²) in [5.74, 6) is -0.126. The summed E-state index contributed by atoms with van der Waals surface area (Å²) in [7, 11) is 0. The van der Waals surface area contributed by atoms with Gasteiger partial charge in [-0.05, 0) is 47.4 Å². The Morgan fingerprint density at radius 1 is 1.30 bits per heavy atom. The zero-order valence-electron chi connectivity index (χ0n) is 13.7. The first-order valence-electron chi connectivity index (χ1n) is 7.77. The fourth-order valence-electron chi connectivity index (χ4n) is 2.47. The molecule has 2 aromatic carbocycles. The Bertz CT molecular complexity index is 1170. The minimum atomic E-state index is -0.653. The number of anilines is 2. The van der Waals surface area contributed by atoms with Gasteiger partial charge >= 0.3 is 0 Å². The summed E-state index contributed by atoms with van der Waals surface area (Å²) < 4.78 is 4.88. The molecule has 10 heteroatoms. The molecule has 0 aliphatic carbocycles. The number of nitrogens with zero attached hydrogens (tertiary/aromatic N) is 4. The Labute approximate surface area is 162 Å². The van der Waals surface area contributed by atoms with Crippen LogP contribution in [0.25, 0.3) is 10.2 Å². The lowest BCUT2D eigenvalue weighted by molar-refractivity contribution is 0.100. The van der Waals surface area contributed by atoms with Gasteiger partial charge in [-0.3, -0.25) is 9.89 Å². The number of nitrogens with two attached hydrogens (primary N) is 1. The summed E-state index contributed by atoms with van der Waals surface area (Å²) in [6.07, 6.45) is 1.59. The maximum Gasteiger partial charge on any atom is 0.256 e. The number of halogens is 1. The number of hydrogen-bond donors (Lipinski definition) is 3. The lowest BCUT2D eigenvalue weighted by Gasteiger charge is -2.05. The number of rotatable bonds is 5. The number of H-pyrrole nitrogens is 1. The number of amides is 1. The van der Waals surface area contributed by atoms with E-state index in [-0.39, 0.29) is 11.4 Å². The third-order valence-electron chi connectivity index (χ3n) is 3.69. The zero-order valence-corrected chi connectivity index (χ0v) is 15.3. The van der Waals surface area contributed by atoms with Crippen LogP contribution in [0.1, 0.15) is 15.9 Å². The molecule has 0 atom stereocenters. The number of nitrogens with one attached hydrogen (secondary N) is 2. The van der Waals surface area contributed by atoms with Gasteiger partial charge in [0.05, 0.1) is 4.70 Å². The fraction of sp³-hybridized carbons (Fsp3) is 0. The van der Waals surface area contributed by atoms with Crippen molar-refractivity contribution in [3.63, 3.8) is 0 Å². The molecule has 8 nitrogen and oxygen atoms in total. The van der Waals surface area contributed by atoms with E-state index < -0.39 is 5.91 Å². The van der Waals surface area contributed by atoms with E-state index in [1.807, 2.05) is 18.2 Å². The molecule has 4 aromatic rings. The fourth-order valence-corrected chi connectivity index (χ4v) is 3.20. The Balaban J connectivity index is 1.64. The molecule has 1 amide bonds. The predicted octanol–water partition coefficient (Wildman–Crippen LogP) is 3.66. The van der Waals surface area contributed by atoms with Crippen LogP contribution in [-0.2, 0) is 0 Å². The van der Waals surface area contributed by atoms with Gasteiger partial charge < -0.3 is 11.1 Å². The van der Waals surface area contributed by atoms with Gasteiger partial charge in [-0.15, -0.1) is 5.10 Å². The Morgan fingerprint density at radius 2 is 2.19 bits per heavy atom. The molecule has 4 N–H and O–H groups in total. The van der Waals surface area contributed by atoms with Crippen molar-refractivity contribution in [1.82, 2.24) is 19.8 Å². The summed E-state index contributed by atoms with van der Waals surface area (Å²) >= 11 is 7.30. The second kappa shape index (κ2) is 7.14. The molecule has 0 spiro atoms. The van der Waals surface area contributed by atoms with E-state index in [0.717, 1.165) is 15.8 Å². The van der Waals surface area contributed by atoms with Gasteiger partial charge in [0, 0.05) is 16.9 Å². The SMILES string of the molecule is NC(=O)c1c(N=Cc2ccc3snnc3c2)n[nH]c1Nc1cccc(Cl)c1. The van der Waals surface area contributed by atoms with E-state index in [0.29, 0.717) is 16.5 Å². The van der Waals surface area contributed by atoms with Gasteiger partial charge in [0.1, 0.15) is 16.9 Å². The summed E-state index contributed by atoms with van der Waals surface area (Å²) in [5, 5.41) is 14.5. The molecule has 0 aliphatic rings. The van der Waals surface area contributed by atoms with E-state index in [1.165, 1.54) is 11.5 Å². The lowest BCUT2D eigenvalue weighted by Crippen LogP contribution is -2.12. The number of fused-ring (bicyclic) bond motifs is 1. The first-order chi connectivity index (χ1) is 13.1. The third-order valence-corrected chi connectivity index (χ3v) is 4.63. The minimum absolute atomic E-state index is 0.155. The third kappa shape index (κ3) is 3.64. The van der Waals surface area contributed by atoms with Crippen LogP contribution in [0, 0.1) is 0 Å². The standard InChI is InChI=1S/C17H12ClN7OS/c18-10-2-1-3-11(7-10)21-17-14(15(19)26)16(23-24-17)20-8-9-4-5-13-12(6-9)22-25-27-13/h1-8H,(H2,19,26)(H2,21,23,24). The minimum Gasteiger partial charge on any atom is -0.365 e. The van der Waals surface area contributed by atoms with Crippen LogP contribution in [0.15, 0.2) is 47.5 Å². The molecule has 0 saturated heterocycles. The predicted molar refractivity (Wildman–Crippen MR) is 107 cm³/mol. The first kappa shape index (κ1) is 17.1. The van der Waals surface area contributed by atoms with Gasteiger partial charge in [-0.2, -0.15) is 5.10 Å². The molecule has 0 bridgehead atoms. The summed E-state index contributed by atoms with van der Waals surface area (Å²) in [4.78, 5) is 16.2. The van der Waals surface area contributed by atoms with Crippen LogP contribution in [-0.4, -0.2) is 31.9 Å². The number of aromatic amines is 1. The van der Waals surface area contributed by atoms with Gasteiger partial charge in [0.15, 0.2) is 5.82 Å². The molecule has 27 heavy (non-hydrogen) atoms. The molecule has 0 radical (unpaired) electrons. The van der Waals surface area contributed by atoms with Crippen LogP contribution in [0.4, 0.5) is 17.3 Å². The normalized spacial score (nSPS) is 11.3. The smallest absolute Gasteiger partial charge is 0.256 e. The number of carbonyl (C=O) groups excluding carboxylic acids is 1. The van der Waals surface area contributed by atoms with Crippen molar-refractivity contribution in [1.29, 1.82) is 0 Å². The summed E-state index contributed by atoms with van der Waals surface area (Å²) in [5.41, 5.74) is 7.94. The monoisotopic (exact) mass is 397 g/mol. The molecule has 0 saturated carbocycles. The van der Waals surface area contributed by atoms with Crippen molar-refractivity contribution in [3.05, 3.63) is 58.6 Å². The summed E-state index contributed by atoms with van der Waals surface area (Å²) in [6, 6.07) is 12.7. The number of hydrogen-bond acceptors (Lipinski definition) is 7. The van der Waals surface area contributed by atoms with Crippen molar-refractivity contribution in [3.8, 4) is 0 Å². The van der Waals surface area contributed by atoms with Crippen molar-refractivity contribution < 1.29 is 4.79 Å². The second-order valence-electron chi connectivity index (χ2n) is 5.56. The number of benzene rings is 2. The Kier molecular flexibility index (Phi) is 4.53. The molecule has 2 heterocycles. The van der Waals surface area contributed by atoms with E-state index in [2.05, 4.69) is 30.1 Å². The van der Waals surface area contributed by atoms with Crippen molar-refractivity contribution >= 4 is 62.8 Å². The molecular weight excluding hydrogens is 386 g/mol. The average molecular weight is 398 g/mol. The lowest BCUT2D eigenvalue weighted by atomic mass is 10.2. The highest BCUT2D eigenvalue weighted by Gasteiger charge is 2.18. The zero-order chi connectivity index (χ0) is 18.8. The second-order valence-corrected chi connectivity index (χ2v) is 6.78. The molecule has 134 valence electrons. The van der Waals surface area contributed by atoms with E-state index in [4.69, 9.17) is 17.3 Å². The number of carbonyl (C=O) groups is 1. The first-order valence-corrected chi connectivity index (χ1v) is 8.92. The highest BCUT2D eigenvalue weighted by molar-refractivity contribution is 7.12. The molecule has 0 unspecified atom stereocenters. The Morgan fingerprint density at radius 3 is 3.00 bits per heavy atom. The van der Waals surface area contributed by atoms with Crippen LogP contribution in [0.2, 0.25) is 5.02 Å². The van der Waals surface area contributed by atoms with Gasteiger partial charge in [0.2, 0.25) is 0 Å². The maximum absolute atomic E-state index is 11.9. The van der Waals surface area contributed by atoms with Crippen molar-refractivity contribution in [2.24, 2.45) is 10.7 Å². The van der Waals surface area contributed by atoms with Gasteiger partial charge in [-0.1, -0.05) is 28.2 Å². The largest absolute Gasteiger partial charge is 0.365 e. The average Bonchev–Trinajstić information content (AvgIpc) is 3.26. The van der Waals surface area contributed by atoms with Crippen LogP contribution in [0.5, 0.6) is 0 Å². The van der Waals surface area contributed by atoms with Gasteiger partial charge in [-0.25, -0.2) is 4.99 Å². The van der Waals surface area contributed by atoms with Crippen LogP contribution < -0.4 is 11.1 Å². The van der Waals surface area contributed by atoms with Crippen molar-refractivity contribution in [2.75, 3.05) is 5.32 Å². The van der Waals surface area contributed by atoms with Crippen LogP contribution >= 0.6 is 23.1 Å². The molecule has 4 rings (SSSR count). The van der Waals surface area contributed by atoms with Crippen molar-refractivity contribution in [2.45, 2.75) is 0 Å².